The van der Waals surface area contributed by atoms with Crippen molar-refractivity contribution in [1.82, 2.24) is 4.90 Å². The molecular weight excluding hydrogens is 340 g/mol. The average Bonchev–Trinajstić information content (AvgIpc) is 3.22. The number of benzene rings is 2. The summed E-state index contributed by atoms with van der Waals surface area (Å²) in [7, 11) is 0. The first kappa shape index (κ1) is 17.2. The van der Waals surface area contributed by atoms with Crippen LogP contribution in [0.15, 0.2) is 48.5 Å². The lowest BCUT2D eigenvalue weighted by Crippen LogP contribution is -2.29. The lowest BCUT2D eigenvalue weighted by molar-refractivity contribution is -0.126. The summed E-state index contributed by atoms with van der Waals surface area (Å²) in [6, 6.07) is 15.3. The summed E-state index contributed by atoms with van der Waals surface area (Å²) in [5.74, 6) is 1.52. The quantitative estimate of drug-likeness (QED) is 0.783. The van der Waals surface area contributed by atoms with E-state index >= 15 is 0 Å². The van der Waals surface area contributed by atoms with Crippen molar-refractivity contribution in [3.63, 3.8) is 0 Å². The molecule has 27 heavy (non-hydrogen) atoms. The number of hydrogen-bond acceptors (Lipinski definition) is 4. The van der Waals surface area contributed by atoms with Crippen LogP contribution in [-0.2, 0) is 4.79 Å². The Bertz CT molecular complexity index is 912. The van der Waals surface area contributed by atoms with Crippen molar-refractivity contribution in [1.29, 1.82) is 5.26 Å². The van der Waals surface area contributed by atoms with E-state index in [2.05, 4.69) is 6.07 Å². The second-order valence-corrected chi connectivity index (χ2v) is 6.66. The van der Waals surface area contributed by atoms with Crippen molar-refractivity contribution < 1.29 is 14.3 Å². The van der Waals surface area contributed by atoms with E-state index in [4.69, 9.17) is 14.7 Å². The molecule has 4 rings (SSSR count). The van der Waals surface area contributed by atoms with E-state index in [0.717, 1.165) is 42.0 Å². The molecule has 0 spiro atoms. The number of fused-ring (bicyclic) bond motifs is 1. The fraction of sp³-hybridized carbons (Fsp3) is 0.273. The zero-order chi connectivity index (χ0) is 18.6. The Balaban J connectivity index is 1.49. The van der Waals surface area contributed by atoms with E-state index in [1.807, 2.05) is 35.2 Å². The number of carbonyl (C=O) groups is 1. The van der Waals surface area contributed by atoms with Gasteiger partial charge in [-0.15, -0.1) is 0 Å². The van der Waals surface area contributed by atoms with Crippen molar-refractivity contribution in [3.05, 3.63) is 65.2 Å². The van der Waals surface area contributed by atoms with Crippen LogP contribution in [0.5, 0.6) is 11.5 Å². The standard InChI is InChI=1S/C22H20N2O3/c23-15-17-5-3-16(4-6-17)7-10-22(25)24-11-1-2-19(24)18-8-9-20-21(14-18)27-13-12-26-20/h3-10,14,19H,1-2,11-13H2/b10-7+. The number of nitriles is 1. The zero-order valence-electron chi connectivity index (χ0n) is 14.9. The molecule has 2 aromatic carbocycles. The summed E-state index contributed by atoms with van der Waals surface area (Å²) >= 11 is 0. The monoisotopic (exact) mass is 360 g/mol. The van der Waals surface area contributed by atoms with Gasteiger partial charge in [-0.2, -0.15) is 5.26 Å². The highest BCUT2D eigenvalue weighted by atomic mass is 16.6. The minimum Gasteiger partial charge on any atom is -0.486 e. The minimum atomic E-state index is -0.00301. The van der Waals surface area contributed by atoms with Gasteiger partial charge in [0.2, 0.25) is 5.91 Å². The van der Waals surface area contributed by atoms with Gasteiger partial charge in [-0.1, -0.05) is 18.2 Å². The maximum absolute atomic E-state index is 12.7. The lowest BCUT2D eigenvalue weighted by Gasteiger charge is -2.26. The predicted molar refractivity (Wildman–Crippen MR) is 101 cm³/mol. The first-order valence-corrected chi connectivity index (χ1v) is 9.13. The molecule has 1 saturated heterocycles. The first-order chi connectivity index (χ1) is 13.2. The molecule has 136 valence electrons. The minimum absolute atomic E-state index is 0.00301. The molecule has 1 unspecified atom stereocenters. The highest BCUT2D eigenvalue weighted by molar-refractivity contribution is 5.92. The molecule has 1 fully saturated rings. The molecule has 2 aromatic rings. The van der Waals surface area contributed by atoms with Crippen LogP contribution in [0.4, 0.5) is 0 Å². The van der Waals surface area contributed by atoms with Crippen molar-refractivity contribution >= 4 is 12.0 Å². The molecular formula is C22H20N2O3. The summed E-state index contributed by atoms with van der Waals surface area (Å²) in [6.45, 7) is 1.87. The third-order valence-electron chi connectivity index (χ3n) is 4.95. The number of amides is 1. The van der Waals surface area contributed by atoms with Crippen LogP contribution in [0.25, 0.3) is 6.08 Å². The van der Waals surface area contributed by atoms with E-state index < -0.39 is 0 Å². The molecule has 0 radical (unpaired) electrons. The Morgan fingerprint density at radius 3 is 2.67 bits per heavy atom. The van der Waals surface area contributed by atoms with Crippen LogP contribution in [0.2, 0.25) is 0 Å². The van der Waals surface area contributed by atoms with Crippen LogP contribution in [0.1, 0.15) is 35.6 Å². The lowest BCUT2D eigenvalue weighted by atomic mass is 10.0. The highest BCUT2D eigenvalue weighted by Gasteiger charge is 2.29. The molecule has 5 nitrogen and oxygen atoms in total. The van der Waals surface area contributed by atoms with Crippen LogP contribution < -0.4 is 9.47 Å². The van der Waals surface area contributed by atoms with Crippen molar-refractivity contribution in [2.45, 2.75) is 18.9 Å². The van der Waals surface area contributed by atoms with Crippen molar-refractivity contribution in [3.8, 4) is 17.6 Å². The highest BCUT2D eigenvalue weighted by Crippen LogP contribution is 2.38. The second kappa shape index (κ2) is 7.55. The molecule has 0 N–H and O–H groups in total. The SMILES string of the molecule is N#Cc1ccc(/C=C/C(=O)N2CCCC2c2ccc3c(c2)OCCO3)cc1. The van der Waals surface area contributed by atoms with E-state index in [0.29, 0.717) is 18.8 Å². The van der Waals surface area contributed by atoms with Crippen LogP contribution in [0.3, 0.4) is 0 Å². The molecule has 5 heteroatoms. The maximum atomic E-state index is 12.7. The van der Waals surface area contributed by atoms with Gasteiger partial charge in [0.25, 0.3) is 0 Å². The number of ether oxygens (including phenoxy) is 2. The Kier molecular flexibility index (Phi) is 4.80. The van der Waals surface area contributed by atoms with Gasteiger partial charge in [0.15, 0.2) is 11.5 Å². The second-order valence-electron chi connectivity index (χ2n) is 6.66. The topological polar surface area (TPSA) is 62.6 Å². The molecule has 0 bridgehead atoms. The number of likely N-dealkylation sites (tertiary alicyclic amines) is 1. The summed E-state index contributed by atoms with van der Waals surface area (Å²) in [6.07, 6.45) is 5.33. The van der Waals surface area contributed by atoms with Gasteiger partial charge < -0.3 is 14.4 Å². The van der Waals surface area contributed by atoms with E-state index in [-0.39, 0.29) is 11.9 Å². The van der Waals surface area contributed by atoms with Gasteiger partial charge >= 0.3 is 0 Å². The summed E-state index contributed by atoms with van der Waals surface area (Å²) in [4.78, 5) is 14.7. The normalized spacial score (nSPS) is 18.5. The zero-order valence-corrected chi connectivity index (χ0v) is 14.9. The molecule has 2 aliphatic rings. The average molecular weight is 360 g/mol. The van der Waals surface area contributed by atoms with E-state index in [1.165, 1.54) is 0 Å². The molecule has 2 heterocycles. The van der Waals surface area contributed by atoms with Gasteiger partial charge in [-0.25, -0.2) is 0 Å². The Hall–Kier alpha value is -3.26. The Morgan fingerprint density at radius 2 is 1.89 bits per heavy atom. The number of rotatable bonds is 3. The van der Waals surface area contributed by atoms with Gasteiger partial charge in [-0.3, -0.25) is 4.79 Å². The van der Waals surface area contributed by atoms with Crippen molar-refractivity contribution in [2.75, 3.05) is 19.8 Å². The van der Waals surface area contributed by atoms with Crippen molar-refractivity contribution in [2.24, 2.45) is 0 Å². The number of carbonyl (C=O) groups excluding carboxylic acids is 1. The van der Waals surface area contributed by atoms with E-state index in [1.54, 1.807) is 24.3 Å². The smallest absolute Gasteiger partial charge is 0.247 e. The molecule has 1 amide bonds. The molecule has 0 saturated carbocycles. The van der Waals surface area contributed by atoms with Gasteiger partial charge in [0.1, 0.15) is 13.2 Å². The molecule has 1 atom stereocenters. The number of hydrogen-bond donors (Lipinski definition) is 0. The van der Waals surface area contributed by atoms with Gasteiger partial charge in [-0.05, 0) is 54.3 Å². The maximum Gasteiger partial charge on any atom is 0.247 e. The molecule has 2 aliphatic heterocycles. The summed E-state index contributed by atoms with van der Waals surface area (Å²) < 4.78 is 11.3. The molecule has 0 aromatic heterocycles. The summed E-state index contributed by atoms with van der Waals surface area (Å²) in [5.41, 5.74) is 2.59. The fourth-order valence-corrected chi connectivity index (χ4v) is 3.58. The first-order valence-electron chi connectivity index (χ1n) is 9.13. The third kappa shape index (κ3) is 3.65. The Morgan fingerprint density at radius 1 is 1.11 bits per heavy atom. The van der Waals surface area contributed by atoms with Crippen LogP contribution >= 0.6 is 0 Å². The third-order valence-corrected chi connectivity index (χ3v) is 4.95. The van der Waals surface area contributed by atoms with Crippen LogP contribution in [-0.4, -0.2) is 30.6 Å². The number of nitrogens with zero attached hydrogens (tertiary/aromatic N) is 2. The van der Waals surface area contributed by atoms with Gasteiger partial charge in [0.05, 0.1) is 17.7 Å². The fourth-order valence-electron chi connectivity index (χ4n) is 3.58. The Labute approximate surface area is 158 Å². The molecule has 0 aliphatic carbocycles. The van der Waals surface area contributed by atoms with E-state index in [9.17, 15) is 4.79 Å². The van der Waals surface area contributed by atoms with Gasteiger partial charge in [0, 0.05) is 12.6 Å². The summed E-state index contributed by atoms with van der Waals surface area (Å²) in [5, 5.41) is 8.86. The predicted octanol–water partition coefficient (Wildman–Crippen LogP) is 3.71. The largest absolute Gasteiger partial charge is 0.486 e. The van der Waals surface area contributed by atoms with Crippen LogP contribution in [0, 0.1) is 11.3 Å².